The number of methoxy groups -OCH3 is 1. The SMILES string of the molecule is COc1ccc(CC(C)(C)NO)cc1. The van der Waals surface area contributed by atoms with E-state index >= 15 is 0 Å². The third-order valence-electron chi connectivity index (χ3n) is 2.11. The van der Waals surface area contributed by atoms with Gasteiger partial charge in [-0.3, -0.25) is 0 Å². The molecule has 0 unspecified atom stereocenters. The van der Waals surface area contributed by atoms with Gasteiger partial charge in [0.25, 0.3) is 0 Å². The van der Waals surface area contributed by atoms with E-state index in [0.29, 0.717) is 0 Å². The molecule has 2 N–H and O–H groups in total. The number of hydroxylamine groups is 1. The molecule has 0 fully saturated rings. The Hall–Kier alpha value is -1.06. The molecule has 0 atom stereocenters. The topological polar surface area (TPSA) is 41.5 Å². The Balaban J connectivity index is 2.69. The van der Waals surface area contributed by atoms with E-state index in [9.17, 15) is 0 Å². The minimum Gasteiger partial charge on any atom is -0.497 e. The summed E-state index contributed by atoms with van der Waals surface area (Å²) in [6.45, 7) is 3.88. The summed E-state index contributed by atoms with van der Waals surface area (Å²) >= 11 is 0. The van der Waals surface area contributed by atoms with E-state index in [2.05, 4.69) is 5.48 Å². The Morgan fingerprint density at radius 1 is 1.29 bits per heavy atom. The molecule has 0 aliphatic heterocycles. The lowest BCUT2D eigenvalue weighted by Gasteiger charge is -2.22. The number of rotatable bonds is 4. The summed E-state index contributed by atoms with van der Waals surface area (Å²) in [5.41, 5.74) is 3.15. The van der Waals surface area contributed by atoms with Crippen LogP contribution in [0.4, 0.5) is 0 Å². The molecule has 0 aromatic heterocycles. The van der Waals surface area contributed by atoms with Crippen molar-refractivity contribution >= 4 is 0 Å². The largest absolute Gasteiger partial charge is 0.497 e. The zero-order chi connectivity index (χ0) is 10.6. The van der Waals surface area contributed by atoms with E-state index in [-0.39, 0.29) is 5.54 Å². The molecule has 1 aromatic rings. The molecule has 0 spiro atoms. The van der Waals surface area contributed by atoms with E-state index in [0.717, 1.165) is 17.7 Å². The summed E-state index contributed by atoms with van der Waals surface area (Å²) in [6.07, 6.45) is 0.771. The van der Waals surface area contributed by atoms with Gasteiger partial charge >= 0.3 is 0 Å². The minimum absolute atomic E-state index is 0.297. The van der Waals surface area contributed by atoms with Gasteiger partial charge < -0.3 is 9.94 Å². The zero-order valence-electron chi connectivity index (χ0n) is 8.87. The summed E-state index contributed by atoms with van der Waals surface area (Å²) in [6, 6.07) is 7.83. The summed E-state index contributed by atoms with van der Waals surface area (Å²) in [5.74, 6) is 0.850. The highest BCUT2D eigenvalue weighted by molar-refractivity contribution is 5.28. The van der Waals surface area contributed by atoms with Crippen LogP contribution in [0.2, 0.25) is 0 Å². The lowest BCUT2D eigenvalue weighted by Crippen LogP contribution is -2.38. The van der Waals surface area contributed by atoms with Crippen LogP contribution in [0.25, 0.3) is 0 Å². The minimum atomic E-state index is -0.297. The molecule has 14 heavy (non-hydrogen) atoms. The van der Waals surface area contributed by atoms with Crippen molar-refractivity contribution in [1.29, 1.82) is 0 Å². The molecule has 0 saturated carbocycles. The van der Waals surface area contributed by atoms with Gasteiger partial charge in [0.15, 0.2) is 0 Å². The molecule has 0 aliphatic carbocycles. The van der Waals surface area contributed by atoms with Crippen molar-refractivity contribution in [2.24, 2.45) is 0 Å². The number of hydrogen-bond donors (Lipinski definition) is 2. The van der Waals surface area contributed by atoms with Crippen molar-refractivity contribution in [3.63, 3.8) is 0 Å². The third kappa shape index (κ3) is 3.01. The average molecular weight is 195 g/mol. The normalized spacial score (nSPS) is 11.4. The fourth-order valence-electron chi connectivity index (χ4n) is 1.29. The summed E-state index contributed by atoms with van der Waals surface area (Å²) in [4.78, 5) is 0. The van der Waals surface area contributed by atoms with Crippen molar-refractivity contribution in [3.8, 4) is 5.75 Å². The fraction of sp³-hybridized carbons (Fsp3) is 0.455. The first-order valence-electron chi connectivity index (χ1n) is 4.61. The highest BCUT2D eigenvalue weighted by Crippen LogP contribution is 2.16. The maximum Gasteiger partial charge on any atom is 0.118 e. The Morgan fingerprint density at radius 2 is 1.86 bits per heavy atom. The second kappa shape index (κ2) is 4.44. The van der Waals surface area contributed by atoms with Crippen LogP contribution in [-0.2, 0) is 6.42 Å². The highest BCUT2D eigenvalue weighted by Gasteiger charge is 2.16. The predicted octanol–water partition coefficient (Wildman–Crippen LogP) is 2.00. The number of nitrogens with one attached hydrogen (secondary N) is 1. The zero-order valence-corrected chi connectivity index (χ0v) is 8.87. The van der Waals surface area contributed by atoms with Crippen molar-refractivity contribution in [2.45, 2.75) is 25.8 Å². The molecule has 0 heterocycles. The maximum atomic E-state index is 8.88. The van der Waals surface area contributed by atoms with E-state index in [4.69, 9.17) is 9.94 Å². The van der Waals surface area contributed by atoms with Gasteiger partial charge in [0.1, 0.15) is 5.75 Å². The predicted molar refractivity (Wildman–Crippen MR) is 55.7 cm³/mol. The molecule has 0 aliphatic rings. The van der Waals surface area contributed by atoms with Gasteiger partial charge in [-0.25, -0.2) is 0 Å². The van der Waals surface area contributed by atoms with Crippen LogP contribution >= 0.6 is 0 Å². The first-order chi connectivity index (χ1) is 6.57. The van der Waals surface area contributed by atoms with Gasteiger partial charge in [-0.1, -0.05) is 12.1 Å². The second-order valence-electron chi connectivity index (χ2n) is 4.02. The summed E-state index contributed by atoms with van der Waals surface area (Å²) in [5, 5.41) is 8.88. The van der Waals surface area contributed by atoms with Crippen molar-refractivity contribution < 1.29 is 9.94 Å². The van der Waals surface area contributed by atoms with Gasteiger partial charge in [-0.2, -0.15) is 5.48 Å². The van der Waals surface area contributed by atoms with Gasteiger partial charge in [0.2, 0.25) is 0 Å². The molecule has 3 nitrogen and oxygen atoms in total. The van der Waals surface area contributed by atoms with Gasteiger partial charge in [0.05, 0.1) is 7.11 Å². The average Bonchev–Trinajstić information content (AvgIpc) is 2.19. The highest BCUT2D eigenvalue weighted by atomic mass is 16.5. The first-order valence-corrected chi connectivity index (χ1v) is 4.61. The van der Waals surface area contributed by atoms with Gasteiger partial charge in [-0.15, -0.1) is 0 Å². The van der Waals surface area contributed by atoms with Gasteiger partial charge in [-0.05, 0) is 38.0 Å². The number of hydrogen-bond acceptors (Lipinski definition) is 3. The van der Waals surface area contributed by atoms with E-state index in [1.807, 2.05) is 38.1 Å². The van der Waals surface area contributed by atoms with Crippen molar-refractivity contribution in [3.05, 3.63) is 29.8 Å². The number of benzene rings is 1. The molecular formula is C11H17NO2. The lowest BCUT2D eigenvalue weighted by atomic mass is 9.96. The number of ether oxygens (including phenoxy) is 1. The smallest absolute Gasteiger partial charge is 0.118 e. The Kier molecular flexibility index (Phi) is 3.49. The van der Waals surface area contributed by atoms with Gasteiger partial charge in [0, 0.05) is 5.54 Å². The second-order valence-corrected chi connectivity index (χ2v) is 4.02. The molecule has 3 heteroatoms. The van der Waals surface area contributed by atoms with Crippen LogP contribution in [-0.4, -0.2) is 17.9 Å². The molecular weight excluding hydrogens is 178 g/mol. The molecule has 78 valence electrons. The van der Waals surface area contributed by atoms with Crippen LogP contribution < -0.4 is 10.2 Å². The molecule has 1 aromatic carbocycles. The van der Waals surface area contributed by atoms with E-state index in [1.54, 1.807) is 7.11 Å². The summed E-state index contributed by atoms with van der Waals surface area (Å²) in [7, 11) is 1.65. The molecule has 0 bridgehead atoms. The maximum absolute atomic E-state index is 8.88. The van der Waals surface area contributed by atoms with Crippen LogP contribution in [0.1, 0.15) is 19.4 Å². The standard InChI is InChI=1S/C11H17NO2/c1-11(2,12-13)8-9-4-6-10(14-3)7-5-9/h4-7,12-13H,8H2,1-3H3. The monoisotopic (exact) mass is 195 g/mol. The Morgan fingerprint density at radius 3 is 2.29 bits per heavy atom. The van der Waals surface area contributed by atoms with Crippen LogP contribution in [0.15, 0.2) is 24.3 Å². The van der Waals surface area contributed by atoms with Crippen LogP contribution in [0.3, 0.4) is 0 Å². The fourth-order valence-corrected chi connectivity index (χ4v) is 1.29. The van der Waals surface area contributed by atoms with E-state index in [1.165, 1.54) is 0 Å². The van der Waals surface area contributed by atoms with E-state index < -0.39 is 0 Å². The molecule has 0 radical (unpaired) electrons. The Labute approximate surface area is 84.7 Å². The first kappa shape index (κ1) is 11.0. The van der Waals surface area contributed by atoms with Crippen molar-refractivity contribution in [1.82, 2.24) is 5.48 Å². The quantitative estimate of drug-likeness (QED) is 0.722. The Bertz CT molecular complexity index is 280. The van der Waals surface area contributed by atoms with Crippen molar-refractivity contribution in [2.75, 3.05) is 7.11 Å². The van der Waals surface area contributed by atoms with Crippen LogP contribution in [0, 0.1) is 0 Å². The molecule has 1 rings (SSSR count). The third-order valence-corrected chi connectivity index (χ3v) is 2.11. The molecule has 0 amide bonds. The molecule has 0 saturated heterocycles. The lowest BCUT2D eigenvalue weighted by molar-refractivity contribution is 0.0817. The summed E-state index contributed by atoms with van der Waals surface area (Å²) < 4.78 is 5.06. The van der Waals surface area contributed by atoms with Crippen LogP contribution in [0.5, 0.6) is 5.75 Å².